The molecule has 0 unspecified atom stereocenters. The van der Waals surface area contributed by atoms with E-state index in [2.05, 4.69) is 19.2 Å². The van der Waals surface area contributed by atoms with Gasteiger partial charge in [-0.25, -0.2) is 0 Å². The van der Waals surface area contributed by atoms with Crippen LogP contribution in [-0.2, 0) is 4.74 Å². The molecule has 0 aliphatic heterocycles. The van der Waals surface area contributed by atoms with E-state index in [0.717, 1.165) is 19.8 Å². The predicted molar refractivity (Wildman–Crippen MR) is 55.9 cm³/mol. The molecule has 0 atom stereocenters. The van der Waals surface area contributed by atoms with Crippen LogP contribution in [0, 0.1) is 5.41 Å². The summed E-state index contributed by atoms with van der Waals surface area (Å²) < 4.78 is 5.42. The fourth-order valence-electron chi connectivity index (χ4n) is 2.02. The molecule has 1 rings (SSSR count). The maximum atomic E-state index is 5.42. The van der Waals surface area contributed by atoms with E-state index in [1.54, 1.807) is 0 Å². The van der Waals surface area contributed by atoms with Crippen LogP contribution in [0.15, 0.2) is 0 Å². The Morgan fingerprint density at radius 2 is 2.08 bits per heavy atom. The highest BCUT2D eigenvalue weighted by Gasteiger charge is 2.35. The van der Waals surface area contributed by atoms with Crippen LogP contribution in [0.2, 0.25) is 0 Å². The SMILES string of the molecule is CCNCC1(CCOCC)CCC1. The summed E-state index contributed by atoms with van der Waals surface area (Å²) in [6, 6.07) is 0. The summed E-state index contributed by atoms with van der Waals surface area (Å²) in [5.74, 6) is 0. The minimum Gasteiger partial charge on any atom is -0.382 e. The zero-order chi connectivity index (χ0) is 9.57. The third-order valence-electron chi connectivity index (χ3n) is 3.15. The maximum absolute atomic E-state index is 5.42. The first-order valence-corrected chi connectivity index (χ1v) is 5.61. The molecule has 0 aromatic carbocycles. The Labute approximate surface area is 82.0 Å². The van der Waals surface area contributed by atoms with Gasteiger partial charge in [0.25, 0.3) is 0 Å². The smallest absolute Gasteiger partial charge is 0.0471 e. The van der Waals surface area contributed by atoms with Gasteiger partial charge in [0.1, 0.15) is 0 Å². The molecule has 1 N–H and O–H groups in total. The summed E-state index contributed by atoms with van der Waals surface area (Å²) in [6.45, 7) is 8.33. The number of hydrogen-bond donors (Lipinski definition) is 1. The van der Waals surface area contributed by atoms with Crippen molar-refractivity contribution in [1.29, 1.82) is 0 Å². The Kier molecular flexibility index (Phi) is 4.74. The first-order chi connectivity index (χ1) is 6.33. The average Bonchev–Trinajstić information content (AvgIpc) is 2.08. The molecule has 0 bridgehead atoms. The lowest BCUT2D eigenvalue weighted by molar-refractivity contribution is 0.0545. The summed E-state index contributed by atoms with van der Waals surface area (Å²) in [5.41, 5.74) is 0.588. The van der Waals surface area contributed by atoms with Gasteiger partial charge in [-0.3, -0.25) is 0 Å². The van der Waals surface area contributed by atoms with Crippen molar-refractivity contribution in [2.45, 2.75) is 39.5 Å². The number of nitrogens with one attached hydrogen (secondary N) is 1. The number of rotatable bonds is 7. The van der Waals surface area contributed by atoms with E-state index in [1.165, 1.54) is 32.2 Å². The van der Waals surface area contributed by atoms with Crippen molar-refractivity contribution in [3.05, 3.63) is 0 Å². The van der Waals surface area contributed by atoms with Crippen LogP contribution in [0.1, 0.15) is 39.5 Å². The quantitative estimate of drug-likeness (QED) is 0.614. The average molecular weight is 185 g/mol. The highest BCUT2D eigenvalue weighted by atomic mass is 16.5. The number of ether oxygens (including phenoxy) is 1. The van der Waals surface area contributed by atoms with E-state index < -0.39 is 0 Å². The van der Waals surface area contributed by atoms with Gasteiger partial charge >= 0.3 is 0 Å². The van der Waals surface area contributed by atoms with E-state index in [4.69, 9.17) is 4.74 Å². The fraction of sp³-hybridized carbons (Fsp3) is 1.00. The Balaban J connectivity index is 2.15. The van der Waals surface area contributed by atoms with Gasteiger partial charge in [0.15, 0.2) is 0 Å². The lowest BCUT2D eigenvalue weighted by atomic mass is 9.67. The molecule has 0 heterocycles. The summed E-state index contributed by atoms with van der Waals surface area (Å²) in [4.78, 5) is 0. The van der Waals surface area contributed by atoms with E-state index in [-0.39, 0.29) is 0 Å². The van der Waals surface area contributed by atoms with Crippen LogP contribution >= 0.6 is 0 Å². The Bertz CT molecular complexity index is 132. The molecule has 0 spiro atoms. The van der Waals surface area contributed by atoms with Crippen molar-refractivity contribution >= 4 is 0 Å². The standard InChI is InChI=1S/C11H23NO/c1-3-12-10-11(6-5-7-11)8-9-13-4-2/h12H,3-10H2,1-2H3. The monoisotopic (exact) mass is 185 g/mol. The van der Waals surface area contributed by atoms with Gasteiger partial charge in [0, 0.05) is 19.8 Å². The highest BCUT2D eigenvalue weighted by Crippen LogP contribution is 2.43. The third kappa shape index (κ3) is 3.28. The third-order valence-corrected chi connectivity index (χ3v) is 3.15. The van der Waals surface area contributed by atoms with Gasteiger partial charge in [-0.05, 0) is 38.1 Å². The van der Waals surface area contributed by atoms with E-state index in [0.29, 0.717) is 5.41 Å². The first-order valence-electron chi connectivity index (χ1n) is 5.61. The molecule has 1 aliphatic rings. The van der Waals surface area contributed by atoms with E-state index in [1.807, 2.05) is 0 Å². The molecule has 2 nitrogen and oxygen atoms in total. The molecule has 2 heteroatoms. The minimum absolute atomic E-state index is 0.588. The van der Waals surface area contributed by atoms with E-state index >= 15 is 0 Å². The van der Waals surface area contributed by atoms with Crippen LogP contribution < -0.4 is 5.32 Å². The lowest BCUT2D eigenvalue weighted by Crippen LogP contribution is -2.40. The van der Waals surface area contributed by atoms with Crippen LogP contribution in [0.4, 0.5) is 0 Å². The number of hydrogen-bond acceptors (Lipinski definition) is 2. The molecule has 0 aromatic heterocycles. The van der Waals surface area contributed by atoms with Gasteiger partial charge in [-0.1, -0.05) is 13.3 Å². The maximum Gasteiger partial charge on any atom is 0.0471 e. The molecule has 1 aliphatic carbocycles. The topological polar surface area (TPSA) is 21.3 Å². The molecule has 13 heavy (non-hydrogen) atoms. The van der Waals surface area contributed by atoms with Crippen LogP contribution in [0.5, 0.6) is 0 Å². The molecule has 0 aromatic rings. The zero-order valence-corrected chi connectivity index (χ0v) is 9.07. The molecular weight excluding hydrogens is 162 g/mol. The molecule has 0 radical (unpaired) electrons. The van der Waals surface area contributed by atoms with Gasteiger partial charge in [0.2, 0.25) is 0 Å². The van der Waals surface area contributed by atoms with Crippen molar-refractivity contribution in [3.8, 4) is 0 Å². The normalized spacial score (nSPS) is 19.8. The van der Waals surface area contributed by atoms with Crippen LogP contribution in [0.25, 0.3) is 0 Å². The first kappa shape index (κ1) is 11.0. The lowest BCUT2D eigenvalue weighted by Gasteiger charge is -2.42. The molecule has 78 valence electrons. The Morgan fingerprint density at radius 1 is 1.31 bits per heavy atom. The minimum atomic E-state index is 0.588. The van der Waals surface area contributed by atoms with Gasteiger partial charge < -0.3 is 10.1 Å². The van der Waals surface area contributed by atoms with Crippen molar-refractivity contribution in [1.82, 2.24) is 5.32 Å². The Morgan fingerprint density at radius 3 is 2.54 bits per heavy atom. The Hall–Kier alpha value is -0.0800. The highest BCUT2D eigenvalue weighted by molar-refractivity contribution is 4.89. The van der Waals surface area contributed by atoms with Gasteiger partial charge in [-0.2, -0.15) is 0 Å². The van der Waals surface area contributed by atoms with Crippen molar-refractivity contribution < 1.29 is 4.74 Å². The second-order valence-corrected chi connectivity index (χ2v) is 4.08. The van der Waals surface area contributed by atoms with Crippen molar-refractivity contribution in [3.63, 3.8) is 0 Å². The summed E-state index contributed by atoms with van der Waals surface area (Å²) in [7, 11) is 0. The molecule has 1 fully saturated rings. The van der Waals surface area contributed by atoms with Gasteiger partial charge in [-0.15, -0.1) is 0 Å². The second-order valence-electron chi connectivity index (χ2n) is 4.08. The summed E-state index contributed by atoms with van der Waals surface area (Å²) in [5, 5.41) is 3.46. The fourth-order valence-corrected chi connectivity index (χ4v) is 2.02. The molecule has 0 amide bonds. The van der Waals surface area contributed by atoms with Crippen LogP contribution in [0.3, 0.4) is 0 Å². The van der Waals surface area contributed by atoms with E-state index in [9.17, 15) is 0 Å². The van der Waals surface area contributed by atoms with Crippen molar-refractivity contribution in [2.75, 3.05) is 26.3 Å². The van der Waals surface area contributed by atoms with Crippen LogP contribution in [-0.4, -0.2) is 26.3 Å². The molecule has 0 saturated heterocycles. The summed E-state index contributed by atoms with van der Waals surface area (Å²) >= 11 is 0. The molecule has 1 saturated carbocycles. The van der Waals surface area contributed by atoms with Gasteiger partial charge in [0.05, 0.1) is 0 Å². The van der Waals surface area contributed by atoms with Crippen molar-refractivity contribution in [2.24, 2.45) is 5.41 Å². The zero-order valence-electron chi connectivity index (χ0n) is 9.07. The summed E-state index contributed by atoms with van der Waals surface area (Å²) in [6.07, 6.45) is 5.45. The molecular formula is C11H23NO. The predicted octanol–water partition coefficient (Wildman–Crippen LogP) is 2.19. The second kappa shape index (κ2) is 5.61. The largest absolute Gasteiger partial charge is 0.382 e.